The Labute approximate surface area is 120 Å². The van der Waals surface area contributed by atoms with Crippen LogP contribution in [0.1, 0.15) is 0 Å². The van der Waals surface area contributed by atoms with Crippen molar-refractivity contribution >= 4 is 32.5 Å². The Balaban J connectivity index is 2.18. The van der Waals surface area contributed by atoms with Gasteiger partial charge in [0.2, 0.25) is 9.84 Å². The van der Waals surface area contributed by atoms with Gasteiger partial charge >= 0.3 is 0 Å². The van der Waals surface area contributed by atoms with Gasteiger partial charge in [0.1, 0.15) is 5.52 Å². The molecular weight excluding hydrogens is 298 g/mol. The highest BCUT2D eigenvalue weighted by Crippen LogP contribution is 2.20. The average Bonchev–Trinajstić information content (AvgIpc) is 2.47. The molecule has 0 saturated heterocycles. The molecule has 3 rings (SSSR count). The first-order valence-electron chi connectivity index (χ1n) is 5.67. The molecule has 7 heteroatoms. The highest BCUT2D eigenvalue weighted by molar-refractivity contribution is 7.91. The van der Waals surface area contributed by atoms with E-state index in [0.717, 1.165) is 0 Å². The van der Waals surface area contributed by atoms with Crippen molar-refractivity contribution in [1.29, 1.82) is 0 Å². The molecular formula is C13H8ClN3O2S. The lowest BCUT2D eigenvalue weighted by Gasteiger charge is -2.03. The Morgan fingerprint density at radius 3 is 2.40 bits per heavy atom. The fraction of sp³-hybridized carbons (Fsp3) is 0. The summed E-state index contributed by atoms with van der Waals surface area (Å²) < 4.78 is 24.7. The minimum Gasteiger partial charge on any atom is -0.215 e. The average molecular weight is 306 g/mol. The first-order valence-corrected chi connectivity index (χ1v) is 7.53. The molecule has 0 unspecified atom stereocenters. The monoisotopic (exact) mass is 305 g/mol. The lowest BCUT2D eigenvalue weighted by Crippen LogP contribution is -2.08. The topological polar surface area (TPSA) is 72.8 Å². The van der Waals surface area contributed by atoms with Crippen molar-refractivity contribution < 1.29 is 8.42 Å². The molecule has 1 heterocycles. The maximum atomic E-state index is 12.4. The van der Waals surface area contributed by atoms with Gasteiger partial charge in [0, 0.05) is 5.02 Å². The Kier molecular flexibility index (Phi) is 3.11. The molecule has 0 amide bonds. The van der Waals surface area contributed by atoms with Crippen LogP contribution in [0.25, 0.3) is 11.0 Å². The molecule has 0 N–H and O–H groups in total. The third-order valence-electron chi connectivity index (χ3n) is 2.69. The zero-order valence-electron chi connectivity index (χ0n) is 10.1. The van der Waals surface area contributed by atoms with E-state index in [0.29, 0.717) is 16.1 Å². The van der Waals surface area contributed by atoms with Crippen LogP contribution in [0.4, 0.5) is 0 Å². The molecule has 0 bridgehead atoms. The maximum Gasteiger partial charge on any atom is 0.272 e. The van der Waals surface area contributed by atoms with Crippen LogP contribution in [0.3, 0.4) is 0 Å². The molecule has 0 radical (unpaired) electrons. The fourth-order valence-electron chi connectivity index (χ4n) is 1.71. The summed E-state index contributed by atoms with van der Waals surface area (Å²) in [5, 5.41) is 7.72. The molecule has 0 aliphatic rings. The smallest absolute Gasteiger partial charge is 0.215 e. The van der Waals surface area contributed by atoms with Gasteiger partial charge in [0.25, 0.3) is 5.16 Å². The summed E-state index contributed by atoms with van der Waals surface area (Å²) in [4.78, 5) is 4.18. The number of nitrogens with zero attached hydrogens (tertiary/aromatic N) is 3. The molecule has 3 aromatic rings. The van der Waals surface area contributed by atoms with Crippen molar-refractivity contribution in [3.63, 3.8) is 0 Å². The van der Waals surface area contributed by atoms with Gasteiger partial charge in [0.15, 0.2) is 0 Å². The molecule has 0 spiro atoms. The van der Waals surface area contributed by atoms with Crippen LogP contribution in [0.15, 0.2) is 58.6 Å². The second kappa shape index (κ2) is 4.81. The Morgan fingerprint density at radius 2 is 1.65 bits per heavy atom. The van der Waals surface area contributed by atoms with Crippen molar-refractivity contribution in [3.05, 3.63) is 53.6 Å². The van der Waals surface area contributed by atoms with Crippen LogP contribution in [0, 0.1) is 0 Å². The van der Waals surface area contributed by atoms with E-state index in [1.54, 1.807) is 36.4 Å². The van der Waals surface area contributed by atoms with Gasteiger partial charge in [-0.1, -0.05) is 29.8 Å². The minimum absolute atomic E-state index is 0.134. The lowest BCUT2D eigenvalue weighted by atomic mass is 10.3. The van der Waals surface area contributed by atoms with Crippen LogP contribution in [0.2, 0.25) is 5.02 Å². The van der Waals surface area contributed by atoms with E-state index in [9.17, 15) is 8.42 Å². The SMILES string of the molecule is O=S(=O)(c1ccccc1)c1nnc2cc(Cl)ccc2n1. The van der Waals surface area contributed by atoms with Gasteiger partial charge in [-0.2, -0.15) is 0 Å². The van der Waals surface area contributed by atoms with Crippen molar-refractivity contribution in [3.8, 4) is 0 Å². The first kappa shape index (κ1) is 13.0. The van der Waals surface area contributed by atoms with Crippen LogP contribution in [-0.4, -0.2) is 23.6 Å². The number of rotatable bonds is 2. The lowest BCUT2D eigenvalue weighted by molar-refractivity contribution is 0.585. The van der Waals surface area contributed by atoms with Crippen LogP contribution < -0.4 is 0 Å². The number of hydrogen-bond donors (Lipinski definition) is 0. The third-order valence-corrected chi connectivity index (χ3v) is 4.47. The van der Waals surface area contributed by atoms with E-state index in [1.807, 2.05) is 0 Å². The molecule has 5 nitrogen and oxygen atoms in total. The standard InChI is InChI=1S/C13H8ClN3O2S/c14-9-6-7-11-12(8-9)16-17-13(15-11)20(18,19)10-4-2-1-3-5-10/h1-8H. The molecule has 0 aliphatic heterocycles. The summed E-state index contributed by atoms with van der Waals surface area (Å²) in [5.74, 6) is 0. The molecule has 100 valence electrons. The van der Waals surface area contributed by atoms with Crippen LogP contribution >= 0.6 is 11.6 Å². The summed E-state index contributed by atoms with van der Waals surface area (Å²) in [7, 11) is -3.76. The van der Waals surface area contributed by atoms with Crippen molar-refractivity contribution in [2.75, 3.05) is 0 Å². The molecule has 20 heavy (non-hydrogen) atoms. The zero-order valence-corrected chi connectivity index (χ0v) is 11.6. The second-order valence-corrected chi connectivity index (χ2v) is 6.32. The highest BCUT2D eigenvalue weighted by atomic mass is 35.5. The maximum absolute atomic E-state index is 12.4. The van der Waals surface area contributed by atoms with Crippen LogP contribution in [-0.2, 0) is 9.84 Å². The molecule has 0 saturated carbocycles. The van der Waals surface area contributed by atoms with E-state index in [1.165, 1.54) is 12.1 Å². The number of halogens is 1. The van der Waals surface area contributed by atoms with Gasteiger partial charge in [-0.25, -0.2) is 13.4 Å². The number of aromatic nitrogens is 3. The molecule has 1 aromatic heterocycles. The predicted molar refractivity (Wildman–Crippen MR) is 74.2 cm³/mol. The Hall–Kier alpha value is -2.05. The van der Waals surface area contributed by atoms with Gasteiger partial charge < -0.3 is 0 Å². The third kappa shape index (κ3) is 2.23. The summed E-state index contributed by atoms with van der Waals surface area (Å²) in [6.45, 7) is 0. The van der Waals surface area contributed by atoms with Crippen molar-refractivity contribution in [1.82, 2.24) is 15.2 Å². The van der Waals surface area contributed by atoms with Gasteiger partial charge in [-0.3, -0.25) is 0 Å². The van der Waals surface area contributed by atoms with E-state index in [4.69, 9.17) is 11.6 Å². The first-order chi connectivity index (χ1) is 9.57. The summed E-state index contributed by atoms with van der Waals surface area (Å²) in [6, 6.07) is 12.8. The fourth-order valence-corrected chi connectivity index (χ4v) is 2.97. The largest absolute Gasteiger partial charge is 0.272 e. The predicted octanol–water partition coefficient (Wildman–Crippen LogP) is 2.51. The highest BCUT2D eigenvalue weighted by Gasteiger charge is 2.21. The van der Waals surface area contributed by atoms with E-state index >= 15 is 0 Å². The normalized spacial score (nSPS) is 11.7. The Morgan fingerprint density at radius 1 is 0.900 bits per heavy atom. The van der Waals surface area contributed by atoms with E-state index in [2.05, 4.69) is 15.2 Å². The Bertz CT molecular complexity index is 883. The second-order valence-electron chi connectivity index (χ2n) is 4.04. The molecule has 2 aromatic carbocycles. The van der Waals surface area contributed by atoms with Crippen LogP contribution in [0.5, 0.6) is 0 Å². The number of fused-ring (bicyclic) bond motifs is 1. The molecule has 0 aliphatic carbocycles. The minimum atomic E-state index is -3.76. The van der Waals surface area contributed by atoms with Crippen molar-refractivity contribution in [2.24, 2.45) is 0 Å². The zero-order chi connectivity index (χ0) is 14.2. The van der Waals surface area contributed by atoms with E-state index in [-0.39, 0.29) is 10.1 Å². The quantitative estimate of drug-likeness (QED) is 0.727. The van der Waals surface area contributed by atoms with Gasteiger partial charge in [-0.05, 0) is 30.3 Å². The summed E-state index contributed by atoms with van der Waals surface area (Å²) >= 11 is 5.83. The summed E-state index contributed by atoms with van der Waals surface area (Å²) in [5.41, 5.74) is 0.878. The van der Waals surface area contributed by atoms with E-state index < -0.39 is 9.84 Å². The number of benzene rings is 2. The number of sulfone groups is 1. The summed E-state index contributed by atoms with van der Waals surface area (Å²) in [6.07, 6.45) is 0. The molecule has 0 atom stereocenters. The van der Waals surface area contributed by atoms with Crippen molar-refractivity contribution in [2.45, 2.75) is 10.1 Å². The molecule has 0 fully saturated rings. The van der Waals surface area contributed by atoms with Gasteiger partial charge in [-0.15, -0.1) is 10.2 Å². The number of hydrogen-bond acceptors (Lipinski definition) is 5. The van der Waals surface area contributed by atoms with Gasteiger partial charge in [0.05, 0.1) is 10.4 Å².